The number of aromatic nitrogens is 2. The molecule has 0 atom stereocenters. The Morgan fingerprint density at radius 2 is 1.89 bits per heavy atom. The van der Waals surface area contributed by atoms with E-state index in [2.05, 4.69) is 36.8 Å². The Bertz CT molecular complexity index is 1160. The Morgan fingerprint density at radius 1 is 1.09 bits per heavy atom. The molecule has 0 bridgehead atoms. The molecule has 0 saturated carbocycles. The SMILES string of the molecule is Cc1ccc(NC(=O)OCCc2nc(NN=Cc3cccc(C)c3)cc(N3CCOCC3)n2)cc1. The Labute approximate surface area is 205 Å². The van der Waals surface area contributed by atoms with Crippen molar-refractivity contribution in [3.05, 3.63) is 77.1 Å². The summed E-state index contributed by atoms with van der Waals surface area (Å²) in [6.45, 7) is 6.97. The van der Waals surface area contributed by atoms with Gasteiger partial charge in [-0.05, 0) is 31.5 Å². The third-order valence-corrected chi connectivity index (χ3v) is 5.39. The van der Waals surface area contributed by atoms with Crippen molar-refractivity contribution < 1.29 is 14.3 Å². The van der Waals surface area contributed by atoms with Crippen molar-refractivity contribution in [3.63, 3.8) is 0 Å². The average Bonchev–Trinajstić information content (AvgIpc) is 2.86. The molecule has 35 heavy (non-hydrogen) atoms. The second-order valence-electron chi connectivity index (χ2n) is 8.29. The molecular formula is C26H30N6O3. The van der Waals surface area contributed by atoms with Crippen molar-refractivity contribution in [1.82, 2.24) is 9.97 Å². The van der Waals surface area contributed by atoms with E-state index < -0.39 is 6.09 Å². The van der Waals surface area contributed by atoms with E-state index in [0.717, 1.165) is 30.0 Å². The summed E-state index contributed by atoms with van der Waals surface area (Å²) in [4.78, 5) is 23.5. The van der Waals surface area contributed by atoms with E-state index >= 15 is 0 Å². The lowest BCUT2D eigenvalue weighted by Gasteiger charge is -2.28. The van der Waals surface area contributed by atoms with Crippen molar-refractivity contribution in [2.75, 3.05) is 48.6 Å². The summed E-state index contributed by atoms with van der Waals surface area (Å²) >= 11 is 0. The molecule has 0 spiro atoms. The predicted octanol–water partition coefficient (Wildman–Crippen LogP) is 4.17. The fourth-order valence-corrected chi connectivity index (χ4v) is 3.56. The highest BCUT2D eigenvalue weighted by Crippen LogP contribution is 2.18. The van der Waals surface area contributed by atoms with E-state index in [4.69, 9.17) is 9.47 Å². The lowest BCUT2D eigenvalue weighted by Crippen LogP contribution is -2.37. The molecule has 1 aliphatic heterocycles. The highest BCUT2D eigenvalue weighted by Gasteiger charge is 2.15. The van der Waals surface area contributed by atoms with E-state index in [1.165, 1.54) is 5.56 Å². The molecule has 3 aromatic rings. The van der Waals surface area contributed by atoms with Crippen LogP contribution in [0, 0.1) is 13.8 Å². The van der Waals surface area contributed by atoms with E-state index in [0.29, 0.717) is 37.0 Å². The summed E-state index contributed by atoms with van der Waals surface area (Å²) in [6, 6.07) is 17.5. The molecule has 1 fully saturated rings. The zero-order valence-electron chi connectivity index (χ0n) is 20.0. The maximum Gasteiger partial charge on any atom is 0.411 e. The smallest absolute Gasteiger partial charge is 0.411 e. The molecular weight excluding hydrogens is 444 g/mol. The Morgan fingerprint density at radius 3 is 2.66 bits per heavy atom. The second-order valence-corrected chi connectivity index (χ2v) is 8.29. The average molecular weight is 475 g/mol. The number of benzene rings is 2. The van der Waals surface area contributed by atoms with Crippen LogP contribution < -0.4 is 15.6 Å². The minimum Gasteiger partial charge on any atom is -0.449 e. The Balaban J connectivity index is 1.40. The lowest BCUT2D eigenvalue weighted by molar-refractivity contribution is 0.122. The first-order valence-electron chi connectivity index (χ1n) is 11.6. The van der Waals surface area contributed by atoms with Gasteiger partial charge in [-0.1, -0.05) is 47.5 Å². The number of hydrazone groups is 1. The van der Waals surface area contributed by atoms with Gasteiger partial charge in [0.15, 0.2) is 5.82 Å². The molecule has 9 nitrogen and oxygen atoms in total. The quantitative estimate of drug-likeness (QED) is 0.373. The van der Waals surface area contributed by atoms with Gasteiger partial charge in [0.25, 0.3) is 0 Å². The summed E-state index contributed by atoms with van der Waals surface area (Å²) in [5, 5.41) is 7.06. The number of carbonyl (C=O) groups is 1. The molecule has 1 saturated heterocycles. The first-order chi connectivity index (χ1) is 17.0. The molecule has 0 aliphatic carbocycles. The van der Waals surface area contributed by atoms with Crippen molar-refractivity contribution in [1.29, 1.82) is 0 Å². The maximum atomic E-state index is 12.1. The van der Waals surface area contributed by atoms with Crippen molar-refractivity contribution in [2.24, 2.45) is 5.10 Å². The number of morpholine rings is 1. The second kappa shape index (κ2) is 11.9. The van der Waals surface area contributed by atoms with Crippen LogP contribution in [-0.2, 0) is 15.9 Å². The third kappa shape index (κ3) is 7.51. The summed E-state index contributed by atoms with van der Waals surface area (Å²) in [6.07, 6.45) is 1.61. The van der Waals surface area contributed by atoms with Crippen molar-refractivity contribution in [2.45, 2.75) is 20.3 Å². The van der Waals surface area contributed by atoms with Crippen molar-refractivity contribution >= 4 is 29.6 Å². The predicted molar refractivity (Wildman–Crippen MR) is 137 cm³/mol. The number of amides is 1. The number of hydrogen-bond acceptors (Lipinski definition) is 8. The van der Waals surface area contributed by atoms with Gasteiger partial charge in [-0.15, -0.1) is 0 Å². The van der Waals surface area contributed by atoms with Gasteiger partial charge in [0.05, 0.1) is 19.4 Å². The first-order valence-corrected chi connectivity index (χ1v) is 11.6. The first kappa shape index (κ1) is 24.2. The van der Waals surface area contributed by atoms with Crippen LogP contribution in [0.1, 0.15) is 22.5 Å². The van der Waals surface area contributed by atoms with Crippen LogP contribution in [0.5, 0.6) is 0 Å². The molecule has 2 heterocycles. The number of aryl methyl sites for hydroxylation is 2. The number of nitrogens with one attached hydrogen (secondary N) is 2. The van der Waals surface area contributed by atoms with E-state index in [9.17, 15) is 4.79 Å². The maximum absolute atomic E-state index is 12.1. The number of carbonyl (C=O) groups excluding carboxylic acids is 1. The molecule has 1 aromatic heterocycles. The van der Waals surface area contributed by atoms with Gasteiger partial charge >= 0.3 is 6.09 Å². The monoisotopic (exact) mass is 474 g/mol. The summed E-state index contributed by atoms with van der Waals surface area (Å²) in [5.41, 5.74) is 6.97. The van der Waals surface area contributed by atoms with Crippen LogP contribution in [0.2, 0.25) is 0 Å². The summed E-state index contributed by atoms with van der Waals surface area (Å²) in [5.74, 6) is 1.92. The molecule has 2 aromatic carbocycles. The van der Waals surface area contributed by atoms with Crippen LogP contribution in [-0.4, -0.2) is 55.2 Å². The molecule has 4 rings (SSSR count). The minimum atomic E-state index is -0.515. The number of rotatable bonds is 8. The normalized spacial score (nSPS) is 13.6. The fraction of sp³-hybridized carbons (Fsp3) is 0.308. The highest BCUT2D eigenvalue weighted by atomic mass is 16.5. The van der Waals surface area contributed by atoms with Gasteiger partial charge in [-0.25, -0.2) is 14.8 Å². The van der Waals surface area contributed by atoms with Crippen LogP contribution in [0.25, 0.3) is 0 Å². The standard InChI is InChI=1S/C26H30N6O3/c1-19-6-8-22(9-7-19)28-26(33)35-13-10-23-29-24(17-25(30-23)32-11-14-34-15-12-32)31-27-18-21-5-3-4-20(2)16-21/h3-9,16-18H,10-15H2,1-2H3,(H,28,33)(H,29,30,31). The Kier molecular flexibility index (Phi) is 8.24. The van der Waals surface area contributed by atoms with Crippen molar-refractivity contribution in [3.8, 4) is 0 Å². The van der Waals surface area contributed by atoms with E-state index in [1.807, 2.05) is 62.4 Å². The molecule has 0 unspecified atom stereocenters. The van der Waals surface area contributed by atoms with Gasteiger partial charge < -0.3 is 14.4 Å². The number of hydrogen-bond donors (Lipinski definition) is 2. The largest absolute Gasteiger partial charge is 0.449 e. The van der Waals surface area contributed by atoms with Gasteiger partial charge in [0.2, 0.25) is 0 Å². The van der Waals surface area contributed by atoms with Crippen LogP contribution >= 0.6 is 0 Å². The summed E-state index contributed by atoms with van der Waals surface area (Å²) < 4.78 is 10.8. The summed E-state index contributed by atoms with van der Waals surface area (Å²) in [7, 11) is 0. The van der Waals surface area contributed by atoms with Gasteiger partial charge in [0, 0.05) is 31.3 Å². The van der Waals surface area contributed by atoms with E-state index in [-0.39, 0.29) is 6.61 Å². The van der Waals surface area contributed by atoms with Gasteiger partial charge in [-0.3, -0.25) is 10.7 Å². The van der Waals surface area contributed by atoms with Gasteiger partial charge in [0.1, 0.15) is 18.2 Å². The molecule has 9 heteroatoms. The molecule has 1 aliphatic rings. The number of nitrogens with zero attached hydrogens (tertiary/aromatic N) is 4. The van der Waals surface area contributed by atoms with Crippen LogP contribution in [0.15, 0.2) is 59.7 Å². The lowest BCUT2D eigenvalue weighted by atomic mass is 10.2. The topological polar surface area (TPSA) is 101 Å². The fourth-order valence-electron chi connectivity index (χ4n) is 3.56. The van der Waals surface area contributed by atoms with Gasteiger partial charge in [-0.2, -0.15) is 5.10 Å². The number of anilines is 3. The minimum absolute atomic E-state index is 0.149. The molecule has 182 valence electrons. The molecule has 2 N–H and O–H groups in total. The zero-order valence-corrected chi connectivity index (χ0v) is 20.0. The molecule has 0 radical (unpaired) electrons. The van der Waals surface area contributed by atoms with Crippen LogP contribution in [0.4, 0.5) is 22.1 Å². The third-order valence-electron chi connectivity index (χ3n) is 5.39. The Hall–Kier alpha value is -3.98. The number of ether oxygens (including phenoxy) is 2. The van der Waals surface area contributed by atoms with Crippen LogP contribution in [0.3, 0.4) is 0 Å². The zero-order chi connectivity index (χ0) is 24.5. The van der Waals surface area contributed by atoms with E-state index in [1.54, 1.807) is 6.21 Å². The highest BCUT2D eigenvalue weighted by molar-refractivity contribution is 5.84. The molecule has 1 amide bonds.